The van der Waals surface area contributed by atoms with Gasteiger partial charge in [0.25, 0.3) is 2.33 Å². The van der Waals surface area contributed by atoms with Crippen molar-refractivity contribution >= 4 is 59.4 Å². The fourth-order valence-corrected chi connectivity index (χ4v) is 1.41. The van der Waals surface area contributed by atoms with E-state index < -0.39 is 2.33 Å². The van der Waals surface area contributed by atoms with E-state index in [-0.39, 0.29) is 0 Å². The topological polar surface area (TPSA) is 9.23 Å². The minimum atomic E-state index is -0.725. The fraction of sp³-hybridized carbons (Fsp3) is 0.143. The third-order valence-corrected chi connectivity index (χ3v) is 1.75. The largest absolute Gasteiger partial charge is 0.456 e. The maximum Gasteiger partial charge on any atom is 0.272 e. The van der Waals surface area contributed by atoms with Crippen LogP contribution in [0.2, 0.25) is 5.02 Å². The summed E-state index contributed by atoms with van der Waals surface area (Å²) in [5.41, 5.74) is 0. The molecule has 5 heteroatoms. The van der Waals surface area contributed by atoms with Crippen LogP contribution in [0.15, 0.2) is 24.3 Å². The van der Waals surface area contributed by atoms with Gasteiger partial charge in [0, 0.05) is 5.02 Å². The molecule has 0 N–H and O–H groups in total. The zero-order valence-corrected chi connectivity index (χ0v) is 11.2. The average molecular weight is 379 g/mol. The predicted molar refractivity (Wildman–Crippen MR) is 61.6 cm³/mol. The standard InChI is InChI=1S/C7H4Br3ClO/c8-7(9,10)12-6-3-1-2-5(11)4-6/h1-4H. The zero-order chi connectivity index (χ0) is 9.19. The van der Waals surface area contributed by atoms with Crippen molar-refractivity contribution < 1.29 is 4.74 Å². The second-order valence-electron chi connectivity index (χ2n) is 2.01. The number of halogens is 4. The fourth-order valence-electron chi connectivity index (χ4n) is 0.664. The molecule has 0 amide bonds. The Labute approximate surface area is 101 Å². The van der Waals surface area contributed by atoms with Gasteiger partial charge in [0.05, 0.1) is 0 Å². The lowest BCUT2D eigenvalue weighted by Gasteiger charge is -2.14. The molecule has 1 nitrogen and oxygen atoms in total. The Bertz CT molecular complexity index is 272. The van der Waals surface area contributed by atoms with E-state index in [9.17, 15) is 0 Å². The van der Waals surface area contributed by atoms with Gasteiger partial charge < -0.3 is 4.74 Å². The first-order valence-corrected chi connectivity index (χ1v) is 5.74. The van der Waals surface area contributed by atoms with Crippen LogP contribution in [-0.4, -0.2) is 2.33 Å². The van der Waals surface area contributed by atoms with Crippen LogP contribution >= 0.6 is 59.4 Å². The molecule has 0 aliphatic rings. The monoisotopic (exact) mass is 376 g/mol. The lowest BCUT2D eigenvalue weighted by Crippen LogP contribution is -2.09. The Balaban J connectivity index is 2.77. The third-order valence-electron chi connectivity index (χ3n) is 1.03. The molecular formula is C7H4Br3ClO. The second kappa shape index (κ2) is 4.31. The van der Waals surface area contributed by atoms with Gasteiger partial charge in [-0.05, 0) is 66.0 Å². The van der Waals surface area contributed by atoms with Crippen molar-refractivity contribution in [2.75, 3.05) is 0 Å². The molecule has 0 aliphatic heterocycles. The van der Waals surface area contributed by atoms with Crippen molar-refractivity contribution in [3.05, 3.63) is 29.3 Å². The summed E-state index contributed by atoms with van der Waals surface area (Å²) in [6, 6.07) is 7.13. The minimum absolute atomic E-state index is 0.643. The molecule has 0 unspecified atom stereocenters. The maximum absolute atomic E-state index is 5.75. The highest BCUT2D eigenvalue weighted by Crippen LogP contribution is 2.36. The van der Waals surface area contributed by atoms with Crippen LogP contribution in [0, 0.1) is 0 Å². The summed E-state index contributed by atoms with van der Waals surface area (Å²) in [4.78, 5) is 0. The molecule has 0 bridgehead atoms. The van der Waals surface area contributed by atoms with Crippen LogP contribution in [0.5, 0.6) is 5.75 Å². The highest BCUT2D eigenvalue weighted by atomic mass is 80.0. The zero-order valence-electron chi connectivity index (χ0n) is 5.73. The number of hydrogen-bond donors (Lipinski definition) is 0. The van der Waals surface area contributed by atoms with Gasteiger partial charge in [0.15, 0.2) is 0 Å². The summed E-state index contributed by atoms with van der Waals surface area (Å²) in [5.74, 6) is 0.674. The van der Waals surface area contributed by atoms with E-state index in [4.69, 9.17) is 16.3 Å². The molecule has 0 saturated carbocycles. The lowest BCUT2D eigenvalue weighted by molar-refractivity contribution is 0.357. The molecule has 0 aromatic heterocycles. The number of hydrogen-bond acceptors (Lipinski definition) is 1. The Kier molecular flexibility index (Phi) is 3.89. The van der Waals surface area contributed by atoms with Crippen LogP contribution in [0.4, 0.5) is 0 Å². The van der Waals surface area contributed by atoms with Gasteiger partial charge in [-0.25, -0.2) is 0 Å². The lowest BCUT2D eigenvalue weighted by atomic mass is 10.3. The van der Waals surface area contributed by atoms with Gasteiger partial charge in [-0.3, -0.25) is 0 Å². The van der Waals surface area contributed by atoms with Crippen LogP contribution in [-0.2, 0) is 0 Å². The van der Waals surface area contributed by atoms with Crippen LogP contribution in [0.25, 0.3) is 0 Å². The van der Waals surface area contributed by atoms with E-state index in [2.05, 4.69) is 47.8 Å². The normalized spacial score (nSPS) is 11.3. The van der Waals surface area contributed by atoms with Crippen molar-refractivity contribution in [2.45, 2.75) is 2.33 Å². The summed E-state index contributed by atoms with van der Waals surface area (Å²) in [6.45, 7) is 0. The molecular weight excluding hydrogens is 375 g/mol. The highest BCUT2D eigenvalue weighted by Gasteiger charge is 2.19. The molecule has 0 fully saturated rings. The average Bonchev–Trinajstić information content (AvgIpc) is 1.82. The molecule has 1 rings (SSSR count). The Morgan fingerprint density at radius 3 is 2.42 bits per heavy atom. The maximum atomic E-state index is 5.75. The molecule has 66 valence electrons. The Morgan fingerprint density at radius 2 is 1.92 bits per heavy atom. The first-order valence-electron chi connectivity index (χ1n) is 2.99. The Hall–Kier alpha value is 0.750. The van der Waals surface area contributed by atoms with Crippen molar-refractivity contribution in [1.82, 2.24) is 0 Å². The molecule has 0 radical (unpaired) electrons. The molecule has 0 aliphatic carbocycles. The summed E-state index contributed by atoms with van der Waals surface area (Å²) in [5, 5.41) is 0.643. The SMILES string of the molecule is Clc1cccc(OC(Br)(Br)Br)c1. The van der Waals surface area contributed by atoms with Crippen molar-refractivity contribution in [1.29, 1.82) is 0 Å². The number of ether oxygens (including phenoxy) is 1. The van der Waals surface area contributed by atoms with Gasteiger partial charge in [0.1, 0.15) is 5.75 Å². The summed E-state index contributed by atoms with van der Waals surface area (Å²) >= 11 is 15.4. The van der Waals surface area contributed by atoms with Crippen molar-refractivity contribution in [2.24, 2.45) is 0 Å². The molecule has 1 aromatic carbocycles. The van der Waals surface area contributed by atoms with Gasteiger partial charge >= 0.3 is 0 Å². The predicted octanol–water partition coefficient (Wildman–Crippen LogP) is 4.51. The molecule has 0 saturated heterocycles. The first-order chi connectivity index (χ1) is 5.47. The summed E-state index contributed by atoms with van der Waals surface area (Å²) in [7, 11) is 0. The second-order valence-corrected chi connectivity index (χ2v) is 8.98. The Morgan fingerprint density at radius 1 is 1.25 bits per heavy atom. The van der Waals surface area contributed by atoms with E-state index >= 15 is 0 Å². The molecule has 1 aromatic rings. The number of alkyl halides is 3. The van der Waals surface area contributed by atoms with Crippen molar-refractivity contribution in [3.63, 3.8) is 0 Å². The van der Waals surface area contributed by atoms with Gasteiger partial charge in [-0.1, -0.05) is 17.7 Å². The quantitative estimate of drug-likeness (QED) is 0.653. The minimum Gasteiger partial charge on any atom is -0.456 e. The highest BCUT2D eigenvalue weighted by molar-refractivity contribution is 9.39. The van der Waals surface area contributed by atoms with Gasteiger partial charge in [-0.2, -0.15) is 0 Å². The molecule has 0 atom stereocenters. The summed E-state index contributed by atoms with van der Waals surface area (Å²) < 4.78 is 4.62. The van der Waals surface area contributed by atoms with Crippen LogP contribution in [0.3, 0.4) is 0 Å². The first kappa shape index (κ1) is 10.8. The van der Waals surface area contributed by atoms with E-state index in [0.717, 1.165) is 0 Å². The van der Waals surface area contributed by atoms with Crippen LogP contribution in [0.1, 0.15) is 0 Å². The number of benzene rings is 1. The van der Waals surface area contributed by atoms with Crippen LogP contribution < -0.4 is 4.74 Å². The molecule has 0 heterocycles. The van der Waals surface area contributed by atoms with Gasteiger partial charge in [-0.15, -0.1) is 0 Å². The summed E-state index contributed by atoms with van der Waals surface area (Å²) in [6.07, 6.45) is 0. The van der Waals surface area contributed by atoms with E-state index in [1.54, 1.807) is 12.1 Å². The third kappa shape index (κ3) is 4.12. The molecule has 0 spiro atoms. The number of rotatable bonds is 1. The molecule has 12 heavy (non-hydrogen) atoms. The van der Waals surface area contributed by atoms with Crippen molar-refractivity contribution in [3.8, 4) is 5.75 Å². The van der Waals surface area contributed by atoms with E-state index in [0.29, 0.717) is 10.8 Å². The smallest absolute Gasteiger partial charge is 0.272 e. The van der Waals surface area contributed by atoms with E-state index in [1.807, 2.05) is 12.1 Å². The van der Waals surface area contributed by atoms with E-state index in [1.165, 1.54) is 0 Å². The van der Waals surface area contributed by atoms with Gasteiger partial charge in [0.2, 0.25) is 0 Å².